The minimum Gasteiger partial charge on any atom is -0.436 e. The molecule has 38 heavy (non-hydrogen) atoms. The number of benzene rings is 4. The maximum absolute atomic E-state index is 6.38. The molecular formula is C31H24BNO3S2. The Morgan fingerprint density at radius 1 is 0.684 bits per heavy atom. The minimum atomic E-state index is -0.386. The van der Waals surface area contributed by atoms with Crippen molar-refractivity contribution in [3.63, 3.8) is 0 Å². The number of rotatable bonds is 2. The molecule has 0 spiro atoms. The molecule has 0 unspecified atom stereocenters. The summed E-state index contributed by atoms with van der Waals surface area (Å²) in [6, 6.07) is 25.7. The number of fused-ring (bicyclic) bond motifs is 7. The number of aromatic nitrogens is 1. The second kappa shape index (κ2) is 7.67. The summed E-state index contributed by atoms with van der Waals surface area (Å²) in [6.07, 6.45) is 0. The lowest BCUT2D eigenvalue weighted by Gasteiger charge is -2.32. The highest BCUT2D eigenvalue weighted by molar-refractivity contribution is 7.26. The number of oxazole rings is 1. The van der Waals surface area contributed by atoms with E-state index in [0.29, 0.717) is 5.89 Å². The quantitative estimate of drug-likeness (QED) is 0.209. The third-order valence-electron chi connectivity index (χ3n) is 8.16. The SMILES string of the molecule is CC1(C)OB(c2ccc3sc4cc5oc(-c6cccc7c6sc6ccccc67)nc5cc4c3c2)OC1(C)C. The molecule has 0 amide bonds. The zero-order chi connectivity index (χ0) is 25.8. The van der Waals surface area contributed by atoms with Crippen molar-refractivity contribution in [1.29, 1.82) is 0 Å². The van der Waals surface area contributed by atoms with E-state index in [4.69, 9.17) is 18.7 Å². The van der Waals surface area contributed by atoms with Gasteiger partial charge in [-0.3, -0.25) is 0 Å². The predicted molar refractivity (Wildman–Crippen MR) is 161 cm³/mol. The molecular weight excluding hydrogens is 509 g/mol. The van der Waals surface area contributed by atoms with Gasteiger partial charge in [0.2, 0.25) is 5.89 Å². The maximum Gasteiger partial charge on any atom is 0.494 e. The van der Waals surface area contributed by atoms with E-state index in [9.17, 15) is 0 Å². The summed E-state index contributed by atoms with van der Waals surface area (Å²) in [6.45, 7) is 8.35. The molecule has 0 radical (unpaired) electrons. The first-order valence-electron chi connectivity index (χ1n) is 12.8. The summed E-state index contributed by atoms with van der Waals surface area (Å²) in [5.41, 5.74) is 3.01. The summed E-state index contributed by atoms with van der Waals surface area (Å²) in [7, 11) is -0.386. The van der Waals surface area contributed by atoms with Gasteiger partial charge in [0, 0.05) is 46.4 Å². The van der Waals surface area contributed by atoms with E-state index in [0.717, 1.165) is 22.1 Å². The van der Waals surface area contributed by atoms with E-state index < -0.39 is 0 Å². The number of hydrogen-bond acceptors (Lipinski definition) is 6. The molecule has 3 aromatic heterocycles. The Labute approximate surface area is 227 Å². The molecule has 0 bridgehead atoms. The first-order chi connectivity index (χ1) is 18.3. The van der Waals surface area contributed by atoms with Crippen LogP contribution in [0.2, 0.25) is 0 Å². The molecule has 1 fully saturated rings. The Morgan fingerprint density at radius 2 is 1.42 bits per heavy atom. The molecule has 0 N–H and O–H groups in total. The first kappa shape index (κ1) is 22.7. The largest absolute Gasteiger partial charge is 0.494 e. The van der Waals surface area contributed by atoms with E-state index in [1.807, 2.05) is 0 Å². The smallest absolute Gasteiger partial charge is 0.436 e. The summed E-state index contributed by atoms with van der Waals surface area (Å²) in [4.78, 5) is 4.97. The zero-order valence-electron chi connectivity index (χ0n) is 21.5. The molecule has 0 aliphatic carbocycles. The van der Waals surface area contributed by atoms with Gasteiger partial charge in [-0.1, -0.05) is 42.5 Å². The summed E-state index contributed by atoms with van der Waals surface area (Å²) < 4.78 is 23.9. The summed E-state index contributed by atoms with van der Waals surface area (Å²) >= 11 is 3.56. The molecule has 4 heterocycles. The van der Waals surface area contributed by atoms with E-state index in [2.05, 4.69) is 100 Å². The van der Waals surface area contributed by atoms with Crippen LogP contribution in [-0.4, -0.2) is 23.3 Å². The van der Waals surface area contributed by atoms with Crippen molar-refractivity contribution in [2.24, 2.45) is 0 Å². The third kappa shape index (κ3) is 3.19. The lowest BCUT2D eigenvalue weighted by atomic mass is 9.78. The highest BCUT2D eigenvalue weighted by atomic mass is 32.1. The molecule has 7 aromatic rings. The van der Waals surface area contributed by atoms with Gasteiger partial charge in [-0.2, -0.15) is 0 Å². The molecule has 0 saturated carbocycles. The van der Waals surface area contributed by atoms with Gasteiger partial charge in [-0.15, -0.1) is 22.7 Å². The molecule has 1 aliphatic heterocycles. The van der Waals surface area contributed by atoms with Crippen LogP contribution in [0.3, 0.4) is 0 Å². The van der Waals surface area contributed by atoms with E-state index in [-0.39, 0.29) is 18.3 Å². The maximum atomic E-state index is 6.38. The van der Waals surface area contributed by atoms with Crippen molar-refractivity contribution in [1.82, 2.24) is 4.98 Å². The van der Waals surface area contributed by atoms with Crippen LogP contribution in [0.1, 0.15) is 27.7 Å². The molecule has 1 saturated heterocycles. The van der Waals surface area contributed by atoms with Gasteiger partial charge in [-0.05, 0) is 57.4 Å². The van der Waals surface area contributed by atoms with Gasteiger partial charge in [0.15, 0.2) is 5.58 Å². The molecule has 1 aliphatic rings. The topological polar surface area (TPSA) is 44.5 Å². The fourth-order valence-corrected chi connectivity index (χ4v) is 7.68. The summed E-state index contributed by atoms with van der Waals surface area (Å²) in [5, 5.41) is 4.88. The molecule has 8 rings (SSSR count). The minimum absolute atomic E-state index is 0.371. The van der Waals surface area contributed by atoms with Crippen LogP contribution in [0.4, 0.5) is 0 Å². The average Bonchev–Trinajstić information content (AvgIpc) is 3.62. The highest BCUT2D eigenvalue weighted by Gasteiger charge is 2.51. The molecule has 7 heteroatoms. The number of nitrogens with zero attached hydrogens (tertiary/aromatic N) is 1. The number of thiophene rings is 2. The Kier molecular flexibility index (Phi) is 4.59. The van der Waals surface area contributed by atoms with Gasteiger partial charge in [-0.25, -0.2) is 4.98 Å². The Balaban J connectivity index is 1.26. The van der Waals surface area contributed by atoms with Gasteiger partial charge in [0.25, 0.3) is 0 Å². The molecule has 4 nitrogen and oxygen atoms in total. The molecule has 186 valence electrons. The van der Waals surface area contributed by atoms with Crippen LogP contribution in [0.15, 0.2) is 77.2 Å². The molecule has 0 atom stereocenters. The van der Waals surface area contributed by atoms with Crippen LogP contribution < -0.4 is 5.46 Å². The van der Waals surface area contributed by atoms with Gasteiger partial charge < -0.3 is 13.7 Å². The van der Waals surface area contributed by atoms with E-state index in [1.54, 1.807) is 22.7 Å². The Hall–Kier alpha value is -3.23. The van der Waals surface area contributed by atoms with Crippen LogP contribution in [-0.2, 0) is 9.31 Å². The molecule has 4 aromatic carbocycles. The monoisotopic (exact) mass is 533 g/mol. The fourth-order valence-electron chi connectivity index (χ4n) is 5.37. The Bertz CT molecular complexity index is 2050. The van der Waals surface area contributed by atoms with Crippen LogP contribution in [0, 0.1) is 0 Å². The number of hydrogen-bond donors (Lipinski definition) is 0. The van der Waals surface area contributed by atoms with Crippen LogP contribution in [0.5, 0.6) is 0 Å². The van der Waals surface area contributed by atoms with Crippen molar-refractivity contribution in [3.05, 3.63) is 72.8 Å². The van der Waals surface area contributed by atoms with Gasteiger partial charge in [0.1, 0.15) is 5.52 Å². The lowest BCUT2D eigenvalue weighted by molar-refractivity contribution is 0.00578. The Morgan fingerprint density at radius 3 is 2.26 bits per heavy atom. The predicted octanol–water partition coefficient (Wildman–Crippen LogP) is 8.53. The van der Waals surface area contributed by atoms with Gasteiger partial charge in [0.05, 0.1) is 16.8 Å². The second-order valence-corrected chi connectivity index (χ2v) is 13.2. The van der Waals surface area contributed by atoms with Crippen LogP contribution >= 0.6 is 22.7 Å². The summed E-state index contributed by atoms with van der Waals surface area (Å²) in [5.74, 6) is 0.664. The lowest BCUT2D eigenvalue weighted by Crippen LogP contribution is -2.41. The van der Waals surface area contributed by atoms with Crippen molar-refractivity contribution < 1.29 is 13.7 Å². The van der Waals surface area contributed by atoms with Crippen LogP contribution in [0.25, 0.3) is 62.9 Å². The normalized spacial score (nSPS) is 17.1. The third-order valence-corrected chi connectivity index (χ3v) is 10.5. The zero-order valence-corrected chi connectivity index (χ0v) is 23.1. The van der Waals surface area contributed by atoms with Gasteiger partial charge >= 0.3 is 7.12 Å². The van der Waals surface area contributed by atoms with Crippen molar-refractivity contribution in [3.8, 4) is 11.5 Å². The second-order valence-electron chi connectivity index (χ2n) is 11.1. The highest BCUT2D eigenvalue weighted by Crippen LogP contribution is 2.42. The fraction of sp³-hybridized carbons (Fsp3) is 0.194. The first-order valence-corrected chi connectivity index (χ1v) is 14.4. The van der Waals surface area contributed by atoms with Crippen molar-refractivity contribution in [2.75, 3.05) is 0 Å². The average molecular weight is 533 g/mol. The van der Waals surface area contributed by atoms with Crippen molar-refractivity contribution >= 4 is 86.7 Å². The van der Waals surface area contributed by atoms with E-state index in [1.165, 1.54) is 40.3 Å². The van der Waals surface area contributed by atoms with Crippen molar-refractivity contribution in [2.45, 2.75) is 38.9 Å². The standard InChI is InChI=1S/C31H24BNO3S2/c1-30(2)31(3,4)36-32(35-30)17-12-13-26-21(14-17)22-15-23-24(16-27(22)37-26)34-29(33-23)20-10-7-9-19-18-8-5-6-11-25(18)38-28(19)20/h5-16H,1-4H3. The van der Waals surface area contributed by atoms with E-state index >= 15 is 0 Å².